The highest BCUT2D eigenvalue weighted by Gasteiger charge is 2.48. The summed E-state index contributed by atoms with van der Waals surface area (Å²) in [6.45, 7) is 6.67. The maximum Gasteiger partial charge on any atom is 0.309 e. The van der Waals surface area contributed by atoms with Crippen molar-refractivity contribution in [1.82, 2.24) is 0 Å². The average molecular weight is 226 g/mol. The Morgan fingerprint density at radius 1 is 1.38 bits per heavy atom. The van der Waals surface area contributed by atoms with Gasteiger partial charge < -0.3 is 9.47 Å². The molecule has 2 aliphatic rings. The van der Waals surface area contributed by atoms with Gasteiger partial charge in [-0.1, -0.05) is 6.92 Å². The van der Waals surface area contributed by atoms with E-state index in [-0.39, 0.29) is 24.1 Å². The molecule has 1 heterocycles. The number of hydrogen-bond acceptors (Lipinski definition) is 3. The molecule has 2 rings (SSSR count). The van der Waals surface area contributed by atoms with Crippen LogP contribution in [0.1, 0.15) is 40.0 Å². The first-order valence-corrected chi connectivity index (χ1v) is 6.47. The number of carbonyl (C=O) groups excluding carboxylic acids is 1. The van der Waals surface area contributed by atoms with Crippen LogP contribution in [0.5, 0.6) is 0 Å². The van der Waals surface area contributed by atoms with Gasteiger partial charge in [0, 0.05) is 5.92 Å². The van der Waals surface area contributed by atoms with Gasteiger partial charge in [0.1, 0.15) is 0 Å². The van der Waals surface area contributed by atoms with E-state index in [1.54, 1.807) is 0 Å². The highest BCUT2D eigenvalue weighted by atomic mass is 16.5. The smallest absolute Gasteiger partial charge is 0.309 e. The van der Waals surface area contributed by atoms with Crippen molar-refractivity contribution in [2.45, 2.75) is 52.2 Å². The molecule has 3 nitrogen and oxygen atoms in total. The normalized spacial score (nSPS) is 42.8. The zero-order valence-electron chi connectivity index (χ0n) is 10.4. The van der Waals surface area contributed by atoms with Gasteiger partial charge in [-0.3, -0.25) is 4.79 Å². The topological polar surface area (TPSA) is 35.5 Å². The predicted molar refractivity (Wildman–Crippen MR) is 61.0 cm³/mol. The second kappa shape index (κ2) is 4.74. The monoisotopic (exact) mass is 226 g/mol. The van der Waals surface area contributed by atoms with E-state index in [0.717, 1.165) is 19.3 Å². The van der Waals surface area contributed by atoms with Crippen LogP contribution in [0.4, 0.5) is 0 Å². The van der Waals surface area contributed by atoms with Crippen LogP contribution < -0.4 is 0 Å². The molecule has 0 bridgehead atoms. The van der Waals surface area contributed by atoms with Gasteiger partial charge in [-0.25, -0.2) is 0 Å². The molecule has 0 radical (unpaired) electrons. The first kappa shape index (κ1) is 11.9. The highest BCUT2D eigenvalue weighted by Crippen LogP contribution is 2.44. The lowest BCUT2D eigenvalue weighted by molar-refractivity contribution is -0.153. The molecule has 1 saturated heterocycles. The molecule has 0 aromatic rings. The molecule has 2 fully saturated rings. The molecule has 0 aromatic carbocycles. The molecule has 1 aliphatic carbocycles. The van der Waals surface area contributed by atoms with E-state index in [0.29, 0.717) is 18.4 Å². The number of esters is 1. The lowest BCUT2D eigenvalue weighted by Crippen LogP contribution is -2.37. The zero-order chi connectivity index (χ0) is 11.7. The summed E-state index contributed by atoms with van der Waals surface area (Å²) in [5.41, 5.74) is 0. The van der Waals surface area contributed by atoms with Crippen molar-refractivity contribution >= 4 is 5.97 Å². The quantitative estimate of drug-likeness (QED) is 0.678. The Balaban J connectivity index is 2.10. The molecule has 1 saturated carbocycles. The van der Waals surface area contributed by atoms with Crippen molar-refractivity contribution in [3.05, 3.63) is 0 Å². The third-order valence-corrected chi connectivity index (χ3v) is 4.22. The maximum absolute atomic E-state index is 11.9. The Labute approximate surface area is 97.5 Å². The van der Waals surface area contributed by atoms with Crippen LogP contribution in [0.2, 0.25) is 0 Å². The number of fused-ring (bicyclic) bond motifs is 1. The summed E-state index contributed by atoms with van der Waals surface area (Å²) >= 11 is 0. The molecule has 0 amide bonds. The van der Waals surface area contributed by atoms with Crippen LogP contribution in [-0.4, -0.2) is 24.8 Å². The van der Waals surface area contributed by atoms with Crippen LogP contribution in [0, 0.1) is 17.8 Å². The fourth-order valence-corrected chi connectivity index (χ4v) is 3.28. The number of carbonyl (C=O) groups is 1. The summed E-state index contributed by atoms with van der Waals surface area (Å²) in [5, 5.41) is 0. The van der Waals surface area contributed by atoms with Crippen molar-refractivity contribution in [1.29, 1.82) is 0 Å². The van der Waals surface area contributed by atoms with Crippen molar-refractivity contribution < 1.29 is 14.3 Å². The Kier molecular flexibility index (Phi) is 3.53. The minimum atomic E-state index is -0.0123. The van der Waals surface area contributed by atoms with Gasteiger partial charge in [-0.2, -0.15) is 0 Å². The summed E-state index contributed by atoms with van der Waals surface area (Å²) in [5.74, 6) is 0.905. The number of hydrogen-bond donors (Lipinski definition) is 0. The van der Waals surface area contributed by atoms with Crippen LogP contribution in [0.25, 0.3) is 0 Å². The Hall–Kier alpha value is -0.570. The van der Waals surface area contributed by atoms with Crippen molar-refractivity contribution in [2.75, 3.05) is 6.61 Å². The number of rotatable bonds is 2. The SMILES string of the molecule is CCOC(=O)[C@@H]1CCC[C@@H]2O[C@H](C)[C@H](C)[C@@H]21. The fourth-order valence-electron chi connectivity index (χ4n) is 3.28. The first-order chi connectivity index (χ1) is 7.65. The summed E-state index contributed by atoms with van der Waals surface area (Å²) < 4.78 is 11.1. The minimum Gasteiger partial charge on any atom is -0.466 e. The average Bonchev–Trinajstić information content (AvgIpc) is 2.55. The van der Waals surface area contributed by atoms with Crippen molar-refractivity contribution in [3.63, 3.8) is 0 Å². The molecule has 0 N–H and O–H groups in total. The molecular formula is C13H22O3. The lowest BCUT2D eigenvalue weighted by Gasteiger charge is -2.32. The molecule has 1 aliphatic heterocycles. The van der Waals surface area contributed by atoms with E-state index in [4.69, 9.17) is 9.47 Å². The van der Waals surface area contributed by atoms with Gasteiger partial charge in [0.25, 0.3) is 0 Å². The summed E-state index contributed by atoms with van der Waals surface area (Å²) in [4.78, 5) is 11.9. The van der Waals surface area contributed by atoms with Gasteiger partial charge in [0.2, 0.25) is 0 Å². The summed E-state index contributed by atoms with van der Waals surface area (Å²) in [6, 6.07) is 0. The molecule has 0 aromatic heterocycles. The van der Waals surface area contributed by atoms with Crippen molar-refractivity contribution in [2.24, 2.45) is 17.8 Å². The Morgan fingerprint density at radius 2 is 2.12 bits per heavy atom. The molecule has 5 atom stereocenters. The van der Waals surface area contributed by atoms with E-state index in [1.165, 1.54) is 0 Å². The summed E-state index contributed by atoms with van der Waals surface area (Å²) in [6.07, 6.45) is 3.73. The minimum absolute atomic E-state index is 0.0123. The van der Waals surface area contributed by atoms with Crippen LogP contribution in [0.15, 0.2) is 0 Å². The zero-order valence-corrected chi connectivity index (χ0v) is 10.4. The van der Waals surface area contributed by atoms with Gasteiger partial charge in [-0.05, 0) is 39.0 Å². The van der Waals surface area contributed by atoms with Crippen molar-refractivity contribution in [3.8, 4) is 0 Å². The van der Waals surface area contributed by atoms with E-state index in [2.05, 4.69) is 13.8 Å². The van der Waals surface area contributed by atoms with Gasteiger partial charge in [-0.15, -0.1) is 0 Å². The standard InChI is InChI=1S/C13H22O3/c1-4-15-13(14)10-6-5-7-11-12(10)8(2)9(3)16-11/h8-12H,4-7H2,1-3H3/t8-,9+,10+,11-,12+/m0/s1. The van der Waals surface area contributed by atoms with Gasteiger partial charge in [0.15, 0.2) is 0 Å². The third kappa shape index (κ3) is 1.97. The Bertz CT molecular complexity index is 264. The third-order valence-electron chi connectivity index (χ3n) is 4.22. The van der Waals surface area contributed by atoms with Crippen LogP contribution >= 0.6 is 0 Å². The molecule has 3 heteroatoms. The second-order valence-corrected chi connectivity index (χ2v) is 5.11. The molecule has 0 unspecified atom stereocenters. The van der Waals surface area contributed by atoms with Gasteiger partial charge >= 0.3 is 5.97 Å². The van der Waals surface area contributed by atoms with Gasteiger partial charge in [0.05, 0.1) is 24.7 Å². The maximum atomic E-state index is 11.9. The molecule has 16 heavy (non-hydrogen) atoms. The predicted octanol–water partition coefficient (Wildman–Crippen LogP) is 2.39. The van der Waals surface area contributed by atoms with E-state index in [1.807, 2.05) is 6.92 Å². The fraction of sp³-hybridized carbons (Fsp3) is 0.923. The van der Waals surface area contributed by atoms with Crippen LogP contribution in [0.3, 0.4) is 0 Å². The molecular weight excluding hydrogens is 204 g/mol. The summed E-state index contributed by atoms with van der Waals surface area (Å²) in [7, 11) is 0. The molecule has 92 valence electrons. The molecule has 0 spiro atoms. The first-order valence-electron chi connectivity index (χ1n) is 6.47. The van der Waals surface area contributed by atoms with E-state index < -0.39 is 0 Å². The number of ether oxygens (including phenoxy) is 2. The highest BCUT2D eigenvalue weighted by molar-refractivity contribution is 5.73. The second-order valence-electron chi connectivity index (χ2n) is 5.11. The van der Waals surface area contributed by atoms with Crippen LogP contribution in [-0.2, 0) is 14.3 Å². The van der Waals surface area contributed by atoms with E-state index >= 15 is 0 Å². The largest absolute Gasteiger partial charge is 0.466 e. The Morgan fingerprint density at radius 3 is 2.81 bits per heavy atom. The lowest BCUT2D eigenvalue weighted by atomic mass is 9.72. The van der Waals surface area contributed by atoms with E-state index in [9.17, 15) is 4.79 Å².